The average molecular weight is 641 g/mol. The number of fused-ring (bicyclic) bond motifs is 4. The Hall–Kier alpha value is -3.64. The van der Waals surface area contributed by atoms with Crippen LogP contribution in [-0.2, 0) is 6.42 Å². The first-order chi connectivity index (χ1) is 22.2. The van der Waals surface area contributed by atoms with Crippen LogP contribution in [0, 0.1) is 24.4 Å². The number of aryl methyl sites for hydroxylation is 2. The molecule has 0 saturated carbocycles. The highest BCUT2D eigenvalue weighted by Gasteiger charge is 2.45. The van der Waals surface area contributed by atoms with Gasteiger partial charge in [0.1, 0.15) is 23.6 Å². The highest BCUT2D eigenvalue weighted by Crippen LogP contribution is 2.43. The van der Waals surface area contributed by atoms with Crippen LogP contribution < -0.4 is 15.0 Å². The van der Waals surface area contributed by atoms with Crippen LogP contribution in [0.15, 0.2) is 24.3 Å². The molecule has 3 atom stereocenters. The first kappa shape index (κ1) is 31.0. The van der Waals surface area contributed by atoms with Crippen molar-refractivity contribution in [2.75, 3.05) is 31.1 Å². The lowest BCUT2D eigenvalue weighted by Gasteiger charge is -2.40. The maximum absolute atomic E-state index is 16.8. The topological polar surface area (TPSA) is 66.4 Å². The van der Waals surface area contributed by atoms with Crippen molar-refractivity contribution in [2.45, 2.75) is 83.5 Å². The van der Waals surface area contributed by atoms with Gasteiger partial charge in [0.15, 0.2) is 30.0 Å². The van der Waals surface area contributed by atoms with Gasteiger partial charge in [-0.2, -0.15) is 9.97 Å². The second kappa shape index (κ2) is 11.9. The molecule has 0 spiro atoms. The number of nitrogens with zero attached hydrogens (tertiary/aromatic N) is 5. The van der Waals surface area contributed by atoms with Crippen LogP contribution in [0.4, 0.5) is 27.8 Å². The third kappa shape index (κ3) is 4.95. The van der Waals surface area contributed by atoms with E-state index in [1.807, 2.05) is 13.8 Å². The smallest absolute Gasteiger partial charge is 0.319 e. The van der Waals surface area contributed by atoms with Gasteiger partial charge < -0.3 is 9.64 Å². The molecule has 3 unspecified atom stereocenters. The van der Waals surface area contributed by atoms with E-state index < -0.39 is 36.1 Å². The van der Waals surface area contributed by atoms with Crippen LogP contribution in [0.3, 0.4) is 0 Å². The van der Waals surface area contributed by atoms with Gasteiger partial charge in [-0.3, -0.25) is 10.2 Å². The van der Waals surface area contributed by atoms with E-state index in [-0.39, 0.29) is 64.3 Å². The van der Waals surface area contributed by atoms with Gasteiger partial charge in [-0.25, -0.2) is 26.9 Å². The van der Waals surface area contributed by atoms with Crippen molar-refractivity contribution >= 4 is 27.5 Å². The minimum atomic E-state index is -1.70. The number of alkyl halides is 2. The molecule has 46 heavy (non-hydrogen) atoms. The second-order valence-electron chi connectivity index (χ2n) is 12.5. The molecule has 8 rings (SSSR count). The molecule has 0 aliphatic carbocycles. The number of nitrogens with one attached hydrogen (secondary N) is 1. The molecule has 3 saturated heterocycles. The highest BCUT2D eigenvalue weighted by atomic mass is 19.2. The number of pyridine rings is 1. The van der Waals surface area contributed by atoms with Crippen LogP contribution in [0.5, 0.6) is 6.01 Å². The minimum Gasteiger partial charge on any atom is -0.461 e. The maximum atomic E-state index is 16.8. The fourth-order valence-corrected chi connectivity index (χ4v) is 7.86. The van der Waals surface area contributed by atoms with Gasteiger partial charge in [-0.05, 0) is 81.6 Å². The average Bonchev–Trinajstić information content (AvgIpc) is 3.58. The Morgan fingerprint density at radius 1 is 0.978 bits per heavy atom. The quantitative estimate of drug-likeness (QED) is 0.192. The fraction of sp³-hybridized carbons (Fsp3) is 0.500. The third-order valence-electron chi connectivity index (χ3n) is 9.89. The SMILES string of the molecule is CC.Cc1cc(-c2nc3c4c(nc(OCC56CCCN5CCC6)nc4c2F)N2CC(F)NC(F)C2CC3)c2c(F)c(F)ccc2c1. The molecular formula is C34H37F5N6O. The zero-order valence-electron chi connectivity index (χ0n) is 26.1. The summed E-state index contributed by atoms with van der Waals surface area (Å²) in [4.78, 5) is 17.8. The lowest BCUT2D eigenvalue weighted by Crippen LogP contribution is -2.59. The Morgan fingerprint density at radius 3 is 2.50 bits per heavy atom. The molecule has 2 aromatic heterocycles. The minimum absolute atomic E-state index is 0.0811. The zero-order valence-corrected chi connectivity index (χ0v) is 26.1. The van der Waals surface area contributed by atoms with Gasteiger partial charge in [0, 0.05) is 10.9 Å². The van der Waals surface area contributed by atoms with Crippen molar-refractivity contribution in [2.24, 2.45) is 0 Å². The van der Waals surface area contributed by atoms with Crippen LogP contribution in [-0.4, -0.2) is 70.3 Å². The van der Waals surface area contributed by atoms with Crippen molar-refractivity contribution in [1.29, 1.82) is 0 Å². The van der Waals surface area contributed by atoms with E-state index in [1.165, 1.54) is 11.0 Å². The van der Waals surface area contributed by atoms with Crippen molar-refractivity contribution in [3.63, 3.8) is 0 Å². The summed E-state index contributed by atoms with van der Waals surface area (Å²) in [6, 6.07) is 4.84. The van der Waals surface area contributed by atoms with Crippen LogP contribution in [0.1, 0.15) is 57.2 Å². The number of hydrogen-bond donors (Lipinski definition) is 1. The van der Waals surface area contributed by atoms with E-state index in [9.17, 15) is 8.78 Å². The van der Waals surface area contributed by atoms with Gasteiger partial charge in [-0.1, -0.05) is 26.0 Å². The predicted octanol–water partition coefficient (Wildman–Crippen LogP) is 6.92. The molecule has 4 aliphatic heterocycles. The lowest BCUT2D eigenvalue weighted by atomic mass is 9.95. The molecule has 4 aliphatic rings. The lowest BCUT2D eigenvalue weighted by molar-refractivity contribution is 0.104. The molecule has 0 radical (unpaired) electrons. The van der Waals surface area contributed by atoms with Crippen molar-refractivity contribution < 1.29 is 26.7 Å². The van der Waals surface area contributed by atoms with E-state index in [4.69, 9.17) is 4.74 Å². The van der Waals surface area contributed by atoms with E-state index in [0.29, 0.717) is 23.3 Å². The number of halogens is 5. The predicted molar refractivity (Wildman–Crippen MR) is 167 cm³/mol. The van der Waals surface area contributed by atoms with Gasteiger partial charge in [-0.15, -0.1) is 0 Å². The summed E-state index contributed by atoms with van der Waals surface area (Å²) in [7, 11) is 0. The Bertz CT molecular complexity index is 1810. The van der Waals surface area contributed by atoms with Crippen LogP contribution >= 0.6 is 0 Å². The summed E-state index contributed by atoms with van der Waals surface area (Å²) < 4.78 is 82.7. The molecule has 6 heterocycles. The number of hydrogen-bond acceptors (Lipinski definition) is 7. The maximum Gasteiger partial charge on any atom is 0.319 e. The van der Waals surface area contributed by atoms with Gasteiger partial charge in [0.25, 0.3) is 0 Å². The zero-order chi connectivity index (χ0) is 32.3. The van der Waals surface area contributed by atoms with E-state index in [1.54, 1.807) is 19.1 Å². The molecule has 0 amide bonds. The molecule has 12 heteroatoms. The second-order valence-corrected chi connectivity index (χ2v) is 12.5. The molecule has 244 valence electrons. The van der Waals surface area contributed by atoms with E-state index in [0.717, 1.165) is 44.8 Å². The molecule has 4 aromatic rings. The number of aromatic nitrogens is 3. The number of piperazine rings is 1. The van der Waals surface area contributed by atoms with E-state index >= 15 is 13.2 Å². The Balaban J connectivity index is 0.00000166. The number of rotatable bonds is 4. The summed E-state index contributed by atoms with van der Waals surface area (Å²) in [6.07, 6.45) is 1.12. The summed E-state index contributed by atoms with van der Waals surface area (Å²) in [5.74, 6) is -2.87. The Kier molecular flexibility index (Phi) is 7.99. The number of ether oxygens (including phenoxy) is 1. The largest absolute Gasteiger partial charge is 0.461 e. The van der Waals surface area contributed by atoms with Crippen LogP contribution in [0.25, 0.3) is 32.9 Å². The standard InChI is InChI=1S/C32H31F5N6O.C2H6/c1-16-12-17-4-5-19(33)25(35)23(17)18(13-16)27-26(36)28-24-20(38-27)6-7-21-29(37)39-22(34)14-43(21)30(24)41-31(40-28)44-15-32-8-2-10-42(32)11-3-9-32;1-2/h4-5,12-13,21-22,29,39H,2-3,6-11,14-15H2,1H3;1-2H3. The van der Waals surface area contributed by atoms with Crippen LogP contribution in [0.2, 0.25) is 0 Å². The highest BCUT2D eigenvalue weighted by molar-refractivity contribution is 6.01. The normalized spacial score (nSPS) is 23.6. The molecule has 3 fully saturated rings. The monoisotopic (exact) mass is 640 g/mol. The van der Waals surface area contributed by atoms with Crippen molar-refractivity contribution in [1.82, 2.24) is 25.2 Å². The van der Waals surface area contributed by atoms with E-state index in [2.05, 4.69) is 25.2 Å². The summed E-state index contributed by atoms with van der Waals surface area (Å²) in [5, 5.41) is 2.87. The Labute approximate surface area is 264 Å². The van der Waals surface area contributed by atoms with Gasteiger partial charge in [0.05, 0.1) is 29.2 Å². The van der Waals surface area contributed by atoms with Crippen molar-refractivity contribution in [3.8, 4) is 17.3 Å². The Morgan fingerprint density at radius 2 is 1.74 bits per heavy atom. The first-order valence-electron chi connectivity index (χ1n) is 16.2. The molecule has 1 N–H and O–H groups in total. The number of anilines is 1. The third-order valence-corrected chi connectivity index (χ3v) is 9.89. The van der Waals surface area contributed by atoms with Gasteiger partial charge in [0.2, 0.25) is 0 Å². The summed E-state index contributed by atoms with van der Waals surface area (Å²) in [6.45, 7) is 7.85. The molecule has 2 aromatic carbocycles. The summed E-state index contributed by atoms with van der Waals surface area (Å²) >= 11 is 0. The summed E-state index contributed by atoms with van der Waals surface area (Å²) in [5.41, 5.74) is 0.681. The van der Waals surface area contributed by atoms with Gasteiger partial charge >= 0.3 is 6.01 Å². The molecule has 0 bridgehead atoms. The molecular weight excluding hydrogens is 603 g/mol. The first-order valence-corrected chi connectivity index (χ1v) is 16.2. The molecule has 7 nitrogen and oxygen atoms in total. The van der Waals surface area contributed by atoms with Crippen molar-refractivity contribution in [3.05, 3.63) is 53.0 Å². The number of benzene rings is 2. The fourth-order valence-electron chi connectivity index (χ4n) is 7.86.